The van der Waals surface area contributed by atoms with Crippen LogP contribution in [0.2, 0.25) is 0 Å². The highest BCUT2D eigenvalue weighted by atomic mass is 35.5. The van der Waals surface area contributed by atoms with Crippen molar-refractivity contribution in [3.8, 4) is 0 Å². The molecule has 0 radical (unpaired) electrons. The molecule has 1 N–H and O–H groups in total. The van der Waals surface area contributed by atoms with Gasteiger partial charge >= 0.3 is 0 Å². The van der Waals surface area contributed by atoms with E-state index in [0.29, 0.717) is 0 Å². The predicted octanol–water partition coefficient (Wildman–Crippen LogP) is 2.46. The van der Waals surface area contributed by atoms with Gasteiger partial charge in [-0.15, -0.1) is 11.6 Å². The van der Waals surface area contributed by atoms with Crippen LogP contribution in [0.1, 0.15) is 19.0 Å². The fourth-order valence-corrected chi connectivity index (χ4v) is 1.92. The lowest BCUT2D eigenvalue weighted by atomic mass is 10.1. The van der Waals surface area contributed by atoms with Gasteiger partial charge in [-0.2, -0.15) is 0 Å². The Morgan fingerprint density at radius 3 is 2.88 bits per heavy atom. The summed E-state index contributed by atoms with van der Waals surface area (Å²) in [6.07, 6.45) is 2.42. The lowest BCUT2D eigenvalue weighted by Crippen LogP contribution is -2.34. The molecule has 0 spiro atoms. The Kier molecular flexibility index (Phi) is 5.15. The second-order valence-corrected chi connectivity index (χ2v) is 4.44. The van der Waals surface area contributed by atoms with E-state index >= 15 is 0 Å². The molecule has 0 aromatic carbocycles. The highest BCUT2D eigenvalue weighted by molar-refractivity contribution is 6.21. The van der Waals surface area contributed by atoms with Crippen LogP contribution >= 0.6 is 11.6 Å². The molecule has 17 heavy (non-hydrogen) atoms. The minimum Gasteiger partial charge on any atom is -0.380 e. The van der Waals surface area contributed by atoms with E-state index in [1.54, 1.807) is 6.20 Å². The van der Waals surface area contributed by atoms with Gasteiger partial charge in [0.05, 0.1) is 0 Å². The predicted molar refractivity (Wildman–Crippen MR) is 68.2 cm³/mol. The third-order valence-corrected chi connectivity index (χ3v) is 2.89. The van der Waals surface area contributed by atoms with E-state index in [9.17, 15) is 10.1 Å². The summed E-state index contributed by atoms with van der Waals surface area (Å²) in [5.41, 5.74) is 1.78. The van der Waals surface area contributed by atoms with Gasteiger partial charge in [-0.25, -0.2) is 0 Å². The first kappa shape index (κ1) is 13.7. The Labute approximate surface area is 105 Å². The molecule has 0 aliphatic heterocycles. The summed E-state index contributed by atoms with van der Waals surface area (Å²) in [4.78, 5) is 14.1. The Balaban J connectivity index is 2.66. The van der Waals surface area contributed by atoms with Crippen molar-refractivity contribution in [1.82, 2.24) is 4.98 Å². The molecule has 2 atom stereocenters. The highest BCUT2D eigenvalue weighted by Crippen LogP contribution is 2.15. The summed E-state index contributed by atoms with van der Waals surface area (Å²) in [6.45, 7) is 3.60. The molecule has 0 saturated carbocycles. The molecular weight excluding hydrogens is 242 g/mol. The molecule has 6 heteroatoms. The second-order valence-electron chi connectivity index (χ2n) is 3.88. The number of aromatic nitrogens is 1. The van der Waals surface area contributed by atoms with Crippen molar-refractivity contribution in [2.24, 2.45) is 0 Å². The maximum Gasteiger partial charge on any atom is 0.222 e. The lowest BCUT2D eigenvalue weighted by molar-refractivity contribution is -0.479. The van der Waals surface area contributed by atoms with Crippen LogP contribution in [0.3, 0.4) is 0 Å². The number of hydrogen-bond donors (Lipinski definition) is 1. The number of pyridine rings is 1. The van der Waals surface area contributed by atoms with Crippen molar-refractivity contribution in [3.05, 3.63) is 34.1 Å². The Morgan fingerprint density at radius 2 is 2.35 bits per heavy atom. The first-order valence-electron chi connectivity index (χ1n) is 5.48. The Bertz CT molecular complexity index is 387. The second kappa shape index (κ2) is 6.39. The molecule has 94 valence electrons. The summed E-state index contributed by atoms with van der Waals surface area (Å²) < 4.78 is 0. The van der Waals surface area contributed by atoms with Gasteiger partial charge in [0, 0.05) is 28.5 Å². The third kappa shape index (κ3) is 4.56. The van der Waals surface area contributed by atoms with Crippen LogP contribution in [-0.4, -0.2) is 27.9 Å². The Morgan fingerprint density at radius 1 is 1.65 bits per heavy atom. The van der Waals surface area contributed by atoms with Crippen molar-refractivity contribution in [1.29, 1.82) is 0 Å². The van der Waals surface area contributed by atoms with E-state index < -0.39 is 5.38 Å². The number of halogens is 1. The van der Waals surface area contributed by atoms with Gasteiger partial charge in [0.15, 0.2) is 0 Å². The van der Waals surface area contributed by atoms with Crippen LogP contribution < -0.4 is 5.32 Å². The zero-order valence-electron chi connectivity index (χ0n) is 9.89. The van der Waals surface area contributed by atoms with E-state index in [1.165, 1.54) is 0 Å². The topological polar surface area (TPSA) is 68.1 Å². The zero-order valence-corrected chi connectivity index (χ0v) is 10.6. The average molecular weight is 258 g/mol. The van der Waals surface area contributed by atoms with Gasteiger partial charge in [0.1, 0.15) is 5.38 Å². The Hall–Kier alpha value is -1.36. The lowest BCUT2D eigenvalue weighted by Gasteiger charge is -2.20. The fraction of sp³-hybridized carbons (Fsp3) is 0.545. The van der Waals surface area contributed by atoms with Crippen LogP contribution in [0.5, 0.6) is 0 Å². The number of rotatable bonds is 6. The number of nitrogens with zero attached hydrogens (tertiary/aromatic N) is 2. The van der Waals surface area contributed by atoms with E-state index in [-0.39, 0.29) is 17.5 Å². The monoisotopic (exact) mass is 257 g/mol. The van der Waals surface area contributed by atoms with Crippen LogP contribution in [-0.2, 0) is 0 Å². The van der Waals surface area contributed by atoms with Crippen molar-refractivity contribution in [2.75, 3.05) is 11.9 Å². The van der Waals surface area contributed by atoms with E-state index in [2.05, 4.69) is 10.3 Å². The standard InChI is InChI=1S/C11H16ClN3O2/c1-3-11(10(12)7-15(16)17)14-9-4-5-13-8(2)6-9/h4-6,10-11H,3,7H2,1-2H3,(H,13,14). The SMILES string of the molecule is CCC(Nc1ccnc(C)c1)C(Cl)C[N+](=O)[O-]. The molecule has 1 aromatic heterocycles. The van der Waals surface area contributed by atoms with Gasteiger partial charge in [-0.3, -0.25) is 15.1 Å². The molecule has 5 nitrogen and oxygen atoms in total. The van der Waals surface area contributed by atoms with Crippen LogP contribution in [0, 0.1) is 17.0 Å². The summed E-state index contributed by atoms with van der Waals surface area (Å²) in [5, 5.41) is 13.1. The molecule has 0 aliphatic rings. The van der Waals surface area contributed by atoms with Crippen molar-refractivity contribution in [2.45, 2.75) is 31.7 Å². The summed E-state index contributed by atoms with van der Waals surface area (Å²) in [6, 6.07) is 3.59. The van der Waals surface area contributed by atoms with Crippen molar-refractivity contribution in [3.63, 3.8) is 0 Å². The number of anilines is 1. The van der Waals surface area contributed by atoms with E-state index in [4.69, 9.17) is 11.6 Å². The van der Waals surface area contributed by atoms with Crippen molar-refractivity contribution < 1.29 is 4.92 Å². The summed E-state index contributed by atoms with van der Waals surface area (Å²) in [7, 11) is 0. The average Bonchev–Trinajstić information content (AvgIpc) is 2.24. The van der Waals surface area contributed by atoms with E-state index in [0.717, 1.165) is 17.8 Å². The maximum absolute atomic E-state index is 10.4. The molecule has 0 saturated heterocycles. The molecule has 1 rings (SSSR count). The number of alkyl halides is 1. The van der Waals surface area contributed by atoms with E-state index in [1.807, 2.05) is 26.0 Å². The highest BCUT2D eigenvalue weighted by Gasteiger charge is 2.22. The molecule has 1 heterocycles. The smallest absolute Gasteiger partial charge is 0.222 e. The van der Waals surface area contributed by atoms with Gasteiger partial charge in [-0.05, 0) is 25.5 Å². The minimum atomic E-state index is -0.525. The van der Waals surface area contributed by atoms with Gasteiger partial charge in [0.2, 0.25) is 6.54 Å². The fourth-order valence-electron chi connectivity index (χ4n) is 1.57. The summed E-state index contributed by atoms with van der Waals surface area (Å²) >= 11 is 6.01. The first-order chi connectivity index (χ1) is 8.02. The minimum absolute atomic E-state index is 0.121. The molecule has 0 amide bonds. The maximum atomic E-state index is 10.4. The third-order valence-electron chi connectivity index (χ3n) is 2.45. The number of nitro groups is 1. The van der Waals surface area contributed by atoms with Crippen LogP contribution in [0.4, 0.5) is 5.69 Å². The van der Waals surface area contributed by atoms with Gasteiger partial charge in [-0.1, -0.05) is 6.92 Å². The van der Waals surface area contributed by atoms with Gasteiger partial charge < -0.3 is 5.32 Å². The number of hydrogen-bond acceptors (Lipinski definition) is 4. The van der Waals surface area contributed by atoms with Gasteiger partial charge in [0.25, 0.3) is 0 Å². The number of nitrogens with one attached hydrogen (secondary N) is 1. The molecule has 0 aliphatic carbocycles. The molecule has 0 bridgehead atoms. The molecular formula is C11H16ClN3O2. The largest absolute Gasteiger partial charge is 0.380 e. The molecule has 1 aromatic rings. The zero-order chi connectivity index (χ0) is 12.8. The quantitative estimate of drug-likeness (QED) is 0.483. The normalized spacial score (nSPS) is 14.1. The molecule has 0 fully saturated rings. The molecule has 2 unspecified atom stereocenters. The first-order valence-corrected chi connectivity index (χ1v) is 5.91. The number of aryl methyl sites for hydroxylation is 1. The van der Waals surface area contributed by atoms with Crippen LogP contribution in [0.15, 0.2) is 18.3 Å². The van der Waals surface area contributed by atoms with Crippen molar-refractivity contribution >= 4 is 17.3 Å². The van der Waals surface area contributed by atoms with Crippen LogP contribution in [0.25, 0.3) is 0 Å². The summed E-state index contributed by atoms with van der Waals surface area (Å²) in [5.74, 6) is 0.